The molecule has 0 aliphatic rings. The molecule has 0 N–H and O–H groups in total. The molecular formula is C11H17N3O. The summed E-state index contributed by atoms with van der Waals surface area (Å²) in [5.41, 5.74) is 0. The Labute approximate surface area is 90.3 Å². The molecule has 0 amide bonds. The summed E-state index contributed by atoms with van der Waals surface area (Å²) in [6.45, 7) is 11.6. The van der Waals surface area contributed by atoms with Gasteiger partial charge in [-0.3, -0.25) is 4.90 Å². The molecule has 4 nitrogen and oxygen atoms in total. The molecule has 0 aliphatic heterocycles. The fourth-order valence-corrected chi connectivity index (χ4v) is 1.26. The van der Waals surface area contributed by atoms with Gasteiger partial charge in [-0.05, 0) is 0 Å². The third-order valence-corrected chi connectivity index (χ3v) is 1.94. The van der Waals surface area contributed by atoms with E-state index in [1.165, 1.54) is 0 Å². The number of aryl methyl sites for hydroxylation is 1. The van der Waals surface area contributed by atoms with Crippen LogP contribution in [-0.4, -0.2) is 28.2 Å². The summed E-state index contributed by atoms with van der Waals surface area (Å²) in [5, 5.41) is 7.88. The molecule has 0 saturated heterocycles. The van der Waals surface area contributed by atoms with Crippen molar-refractivity contribution in [2.24, 2.45) is 0 Å². The van der Waals surface area contributed by atoms with Gasteiger partial charge in [-0.2, -0.15) is 0 Å². The zero-order chi connectivity index (χ0) is 11.1. The van der Waals surface area contributed by atoms with Crippen LogP contribution in [0.3, 0.4) is 0 Å². The molecule has 0 fully saturated rings. The standard InChI is InChI=1S/C11H17N3O/c1-4-7-14(8-5-2)9-11-13-12-10(6-3)15-11/h4-5H,1-2,6-9H2,3H3. The van der Waals surface area contributed by atoms with Crippen LogP contribution in [-0.2, 0) is 13.0 Å². The Morgan fingerprint density at radius 1 is 1.20 bits per heavy atom. The van der Waals surface area contributed by atoms with Crippen molar-refractivity contribution in [3.05, 3.63) is 37.1 Å². The van der Waals surface area contributed by atoms with Gasteiger partial charge in [-0.1, -0.05) is 19.1 Å². The van der Waals surface area contributed by atoms with Gasteiger partial charge in [0.05, 0.1) is 6.54 Å². The van der Waals surface area contributed by atoms with Gasteiger partial charge in [-0.25, -0.2) is 0 Å². The lowest BCUT2D eigenvalue weighted by Crippen LogP contribution is -2.23. The van der Waals surface area contributed by atoms with Crippen LogP contribution < -0.4 is 0 Å². The maximum absolute atomic E-state index is 5.42. The lowest BCUT2D eigenvalue weighted by molar-refractivity contribution is 0.284. The normalized spacial score (nSPS) is 10.5. The van der Waals surface area contributed by atoms with Gasteiger partial charge < -0.3 is 4.42 Å². The first kappa shape index (κ1) is 11.7. The number of hydrogen-bond acceptors (Lipinski definition) is 4. The minimum Gasteiger partial charge on any atom is -0.424 e. The van der Waals surface area contributed by atoms with E-state index in [4.69, 9.17) is 4.42 Å². The number of aromatic nitrogens is 2. The molecular weight excluding hydrogens is 190 g/mol. The van der Waals surface area contributed by atoms with Crippen molar-refractivity contribution in [2.45, 2.75) is 19.9 Å². The molecule has 0 aromatic carbocycles. The topological polar surface area (TPSA) is 42.2 Å². The largest absolute Gasteiger partial charge is 0.424 e. The summed E-state index contributed by atoms with van der Waals surface area (Å²) >= 11 is 0. The molecule has 0 aliphatic carbocycles. The van der Waals surface area contributed by atoms with E-state index in [1.807, 2.05) is 19.1 Å². The first-order valence-electron chi connectivity index (χ1n) is 5.05. The van der Waals surface area contributed by atoms with Gasteiger partial charge in [-0.15, -0.1) is 23.4 Å². The highest BCUT2D eigenvalue weighted by Gasteiger charge is 2.08. The van der Waals surface area contributed by atoms with Crippen LogP contribution in [0, 0.1) is 0 Å². The molecule has 1 aromatic heterocycles. The number of nitrogens with zero attached hydrogens (tertiary/aromatic N) is 3. The van der Waals surface area contributed by atoms with Gasteiger partial charge in [0.1, 0.15) is 0 Å². The Bertz CT molecular complexity index is 309. The molecule has 0 unspecified atom stereocenters. The SMILES string of the molecule is C=CCN(CC=C)Cc1nnc(CC)o1. The molecule has 15 heavy (non-hydrogen) atoms. The van der Waals surface area contributed by atoms with Crippen molar-refractivity contribution in [1.82, 2.24) is 15.1 Å². The van der Waals surface area contributed by atoms with Crippen LogP contribution in [0.25, 0.3) is 0 Å². The van der Waals surface area contributed by atoms with Crippen LogP contribution in [0.5, 0.6) is 0 Å². The Morgan fingerprint density at radius 2 is 1.80 bits per heavy atom. The smallest absolute Gasteiger partial charge is 0.230 e. The molecule has 1 rings (SSSR count). The maximum atomic E-state index is 5.42. The van der Waals surface area contributed by atoms with Crippen molar-refractivity contribution >= 4 is 0 Å². The maximum Gasteiger partial charge on any atom is 0.230 e. The van der Waals surface area contributed by atoms with Crippen LogP contribution in [0.15, 0.2) is 29.7 Å². The average molecular weight is 207 g/mol. The van der Waals surface area contributed by atoms with E-state index in [9.17, 15) is 0 Å². The van der Waals surface area contributed by atoms with E-state index in [0.29, 0.717) is 18.3 Å². The Hall–Kier alpha value is -1.42. The van der Waals surface area contributed by atoms with E-state index in [-0.39, 0.29) is 0 Å². The van der Waals surface area contributed by atoms with E-state index >= 15 is 0 Å². The van der Waals surface area contributed by atoms with Gasteiger partial charge in [0.25, 0.3) is 0 Å². The third-order valence-electron chi connectivity index (χ3n) is 1.94. The monoisotopic (exact) mass is 207 g/mol. The highest BCUT2D eigenvalue weighted by molar-refractivity contribution is 4.86. The minimum atomic E-state index is 0.644. The van der Waals surface area contributed by atoms with Crippen molar-refractivity contribution in [2.75, 3.05) is 13.1 Å². The molecule has 1 heterocycles. The molecule has 0 spiro atoms. The second-order valence-corrected chi connectivity index (χ2v) is 3.21. The second kappa shape index (κ2) is 6.14. The highest BCUT2D eigenvalue weighted by Crippen LogP contribution is 2.04. The first-order valence-corrected chi connectivity index (χ1v) is 5.05. The van der Waals surface area contributed by atoms with Crippen LogP contribution in [0.2, 0.25) is 0 Å². The summed E-state index contributed by atoms with van der Waals surface area (Å²) in [6, 6.07) is 0. The molecule has 1 aromatic rings. The summed E-state index contributed by atoms with van der Waals surface area (Å²) < 4.78 is 5.42. The summed E-state index contributed by atoms with van der Waals surface area (Å²) in [5.74, 6) is 1.33. The molecule has 82 valence electrons. The van der Waals surface area contributed by atoms with Gasteiger partial charge in [0.2, 0.25) is 11.8 Å². The summed E-state index contributed by atoms with van der Waals surface area (Å²) in [7, 11) is 0. The van der Waals surface area contributed by atoms with Crippen molar-refractivity contribution < 1.29 is 4.42 Å². The van der Waals surface area contributed by atoms with Crippen LogP contribution in [0.4, 0.5) is 0 Å². The molecule has 0 bridgehead atoms. The van der Waals surface area contributed by atoms with Gasteiger partial charge >= 0.3 is 0 Å². The van der Waals surface area contributed by atoms with Crippen molar-refractivity contribution in [1.29, 1.82) is 0 Å². The lowest BCUT2D eigenvalue weighted by atomic mass is 10.4. The Balaban J connectivity index is 2.55. The molecule has 0 radical (unpaired) electrons. The molecule has 4 heteroatoms. The number of hydrogen-bond donors (Lipinski definition) is 0. The highest BCUT2D eigenvalue weighted by atomic mass is 16.4. The fraction of sp³-hybridized carbons (Fsp3) is 0.455. The summed E-state index contributed by atoms with van der Waals surface area (Å²) in [6.07, 6.45) is 4.47. The van der Waals surface area contributed by atoms with E-state index in [2.05, 4.69) is 28.3 Å². The zero-order valence-electron chi connectivity index (χ0n) is 9.15. The predicted molar refractivity (Wildman–Crippen MR) is 59.3 cm³/mol. The van der Waals surface area contributed by atoms with Crippen molar-refractivity contribution in [3.8, 4) is 0 Å². The molecule has 0 saturated carbocycles. The van der Waals surface area contributed by atoms with Gasteiger partial charge in [0.15, 0.2) is 0 Å². The Kier molecular flexibility index (Phi) is 4.77. The first-order chi connectivity index (χ1) is 7.30. The minimum absolute atomic E-state index is 0.644. The van der Waals surface area contributed by atoms with Crippen LogP contribution in [0.1, 0.15) is 18.7 Å². The van der Waals surface area contributed by atoms with Crippen molar-refractivity contribution in [3.63, 3.8) is 0 Å². The van der Waals surface area contributed by atoms with E-state index in [1.54, 1.807) is 0 Å². The average Bonchev–Trinajstić information content (AvgIpc) is 2.66. The van der Waals surface area contributed by atoms with Crippen LogP contribution >= 0.6 is 0 Å². The lowest BCUT2D eigenvalue weighted by Gasteiger charge is -2.15. The quantitative estimate of drug-likeness (QED) is 0.639. The molecule has 0 atom stereocenters. The second-order valence-electron chi connectivity index (χ2n) is 3.21. The summed E-state index contributed by atoms with van der Waals surface area (Å²) in [4.78, 5) is 2.12. The van der Waals surface area contributed by atoms with Gasteiger partial charge in [0, 0.05) is 19.5 Å². The zero-order valence-corrected chi connectivity index (χ0v) is 9.15. The van der Waals surface area contributed by atoms with E-state index < -0.39 is 0 Å². The third kappa shape index (κ3) is 3.67. The van der Waals surface area contributed by atoms with E-state index in [0.717, 1.165) is 19.5 Å². The number of rotatable bonds is 7. The predicted octanol–water partition coefficient (Wildman–Crippen LogP) is 1.81. The fourth-order valence-electron chi connectivity index (χ4n) is 1.26. The Morgan fingerprint density at radius 3 is 2.27 bits per heavy atom.